The minimum atomic E-state index is 0.599. The van der Waals surface area contributed by atoms with E-state index in [0.717, 1.165) is 24.7 Å². The van der Waals surface area contributed by atoms with Crippen LogP contribution in [0, 0.1) is 12.8 Å². The fourth-order valence-corrected chi connectivity index (χ4v) is 3.86. The highest BCUT2D eigenvalue weighted by Gasteiger charge is 2.21. The van der Waals surface area contributed by atoms with Gasteiger partial charge in [0.1, 0.15) is 6.29 Å². The first-order chi connectivity index (χ1) is 10.3. The largest absolute Gasteiger partial charge is 0.298 e. The number of hydrogen-bond acceptors (Lipinski definition) is 1. The molecule has 110 valence electrons. The molecule has 0 unspecified atom stereocenters. The molecule has 0 amide bonds. The Hall–Kier alpha value is -1.63. The molecule has 0 aromatic heterocycles. The van der Waals surface area contributed by atoms with E-state index in [-0.39, 0.29) is 0 Å². The molecule has 0 bridgehead atoms. The maximum Gasteiger partial charge on any atom is 0.150 e. The number of hydrogen-bond donors (Lipinski definition) is 0. The number of allylic oxidation sites excluding steroid dienone is 3. The van der Waals surface area contributed by atoms with Crippen molar-refractivity contribution in [3.05, 3.63) is 52.1 Å². The second-order valence-electron chi connectivity index (χ2n) is 6.39. The van der Waals surface area contributed by atoms with Crippen LogP contribution in [-0.2, 0) is 11.2 Å². The second-order valence-corrected chi connectivity index (χ2v) is 6.39. The maximum absolute atomic E-state index is 11.7. The lowest BCUT2D eigenvalue weighted by Gasteiger charge is -2.26. The van der Waals surface area contributed by atoms with Gasteiger partial charge in [0.2, 0.25) is 0 Å². The van der Waals surface area contributed by atoms with Crippen LogP contribution in [-0.4, -0.2) is 6.29 Å². The van der Waals surface area contributed by atoms with Crippen molar-refractivity contribution < 1.29 is 4.79 Å². The molecule has 1 heteroatoms. The number of fused-ring (bicyclic) bond motifs is 1. The number of carbonyl (C=O) groups excluding carboxylic acids is 1. The Morgan fingerprint density at radius 1 is 1.14 bits per heavy atom. The molecule has 2 aliphatic rings. The summed E-state index contributed by atoms with van der Waals surface area (Å²) in [4.78, 5) is 11.7. The van der Waals surface area contributed by atoms with Crippen LogP contribution >= 0.6 is 0 Å². The van der Waals surface area contributed by atoms with Crippen molar-refractivity contribution in [2.75, 3.05) is 0 Å². The number of carbonyl (C=O) groups is 1. The maximum atomic E-state index is 11.7. The molecule has 21 heavy (non-hydrogen) atoms. The summed E-state index contributed by atoms with van der Waals surface area (Å²) in [5.41, 5.74) is 6.20. The first-order valence-electron chi connectivity index (χ1n) is 8.25. The van der Waals surface area contributed by atoms with Crippen LogP contribution in [0.2, 0.25) is 0 Å². The molecule has 0 heterocycles. The van der Waals surface area contributed by atoms with Crippen molar-refractivity contribution in [3.8, 4) is 0 Å². The lowest BCUT2D eigenvalue weighted by atomic mass is 9.79. The van der Waals surface area contributed by atoms with Crippen LogP contribution < -0.4 is 0 Å². The summed E-state index contributed by atoms with van der Waals surface area (Å²) in [6.45, 7) is 2.17. The van der Waals surface area contributed by atoms with Crippen LogP contribution in [0.15, 0.2) is 35.4 Å². The first-order valence-corrected chi connectivity index (χ1v) is 8.25. The molecule has 1 aromatic rings. The summed E-state index contributed by atoms with van der Waals surface area (Å²) >= 11 is 0. The van der Waals surface area contributed by atoms with Gasteiger partial charge in [-0.1, -0.05) is 43.5 Å². The lowest BCUT2D eigenvalue weighted by Crippen LogP contribution is -2.13. The van der Waals surface area contributed by atoms with E-state index in [1.54, 1.807) is 0 Å². The Morgan fingerprint density at radius 3 is 2.71 bits per heavy atom. The van der Waals surface area contributed by atoms with Crippen LogP contribution in [0.1, 0.15) is 55.2 Å². The third-order valence-electron chi connectivity index (χ3n) is 5.02. The van der Waals surface area contributed by atoms with Crippen molar-refractivity contribution in [1.29, 1.82) is 0 Å². The Morgan fingerprint density at radius 2 is 1.95 bits per heavy atom. The van der Waals surface area contributed by atoms with Gasteiger partial charge in [-0.2, -0.15) is 0 Å². The Bertz CT molecular complexity index is 586. The molecule has 1 fully saturated rings. The standard InChI is InChI=1S/C20H24O/c1-15-7-5-10-17-13-18(14-21)20(12-6-11-19(15)17)16-8-3-2-4-9-16/h5,7,10,12-14,16H,2-4,6,8-9,11H2,1H3/b18-13-,20-12+. The first kappa shape index (κ1) is 14.3. The minimum absolute atomic E-state index is 0.599. The number of aryl methyl sites for hydroxylation is 1. The van der Waals surface area contributed by atoms with Gasteiger partial charge in [-0.25, -0.2) is 0 Å². The van der Waals surface area contributed by atoms with Gasteiger partial charge in [0.05, 0.1) is 0 Å². The third-order valence-corrected chi connectivity index (χ3v) is 5.02. The van der Waals surface area contributed by atoms with E-state index >= 15 is 0 Å². The van der Waals surface area contributed by atoms with E-state index in [2.05, 4.69) is 37.3 Å². The fourth-order valence-electron chi connectivity index (χ4n) is 3.86. The highest BCUT2D eigenvalue weighted by Crippen LogP contribution is 2.35. The number of aldehydes is 1. The molecule has 0 atom stereocenters. The van der Waals surface area contributed by atoms with Gasteiger partial charge >= 0.3 is 0 Å². The highest BCUT2D eigenvalue weighted by atomic mass is 16.1. The van der Waals surface area contributed by atoms with Gasteiger partial charge in [0.15, 0.2) is 0 Å². The normalized spacial score (nSPS) is 24.8. The zero-order valence-corrected chi connectivity index (χ0v) is 12.9. The minimum Gasteiger partial charge on any atom is -0.298 e. The highest BCUT2D eigenvalue weighted by molar-refractivity contribution is 5.88. The van der Waals surface area contributed by atoms with E-state index in [1.807, 2.05) is 0 Å². The van der Waals surface area contributed by atoms with Gasteiger partial charge in [-0.05, 0) is 66.9 Å². The zero-order valence-electron chi connectivity index (χ0n) is 12.9. The predicted molar refractivity (Wildman–Crippen MR) is 88.2 cm³/mol. The van der Waals surface area contributed by atoms with Gasteiger partial charge in [0, 0.05) is 5.57 Å². The van der Waals surface area contributed by atoms with Gasteiger partial charge in [0.25, 0.3) is 0 Å². The summed E-state index contributed by atoms with van der Waals surface area (Å²) in [5, 5.41) is 0. The molecule has 0 N–H and O–H groups in total. The average Bonchev–Trinajstić information content (AvgIpc) is 2.50. The van der Waals surface area contributed by atoms with Crippen molar-refractivity contribution in [2.45, 2.75) is 51.9 Å². The number of rotatable bonds is 2. The van der Waals surface area contributed by atoms with Crippen molar-refractivity contribution in [2.24, 2.45) is 5.92 Å². The average molecular weight is 280 g/mol. The molecule has 1 saturated carbocycles. The van der Waals surface area contributed by atoms with E-state index in [0.29, 0.717) is 5.92 Å². The summed E-state index contributed by atoms with van der Waals surface area (Å²) in [7, 11) is 0. The SMILES string of the molecule is Cc1cccc2c1CC/C=C(C1CCCCC1)/C(C=O)=C\2. The van der Waals surface area contributed by atoms with E-state index in [9.17, 15) is 4.79 Å². The zero-order chi connectivity index (χ0) is 14.7. The molecule has 1 aromatic carbocycles. The Kier molecular flexibility index (Phi) is 4.38. The molecule has 0 saturated heterocycles. The van der Waals surface area contributed by atoms with Crippen LogP contribution in [0.25, 0.3) is 6.08 Å². The predicted octanol–water partition coefficient (Wildman–Crippen LogP) is 5.03. The summed E-state index contributed by atoms with van der Waals surface area (Å²) in [5.74, 6) is 0.599. The van der Waals surface area contributed by atoms with Gasteiger partial charge in [-0.3, -0.25) is 4.79 Å². The monoisotopic (exact) mass is 280 g/mol. The van der Waals surface area contributed by atoms with Crippen molar-refractivity contribution in [1.82, 2.24) is 0 Å². The molecule has 0 spiro atoms. The van der Waals surface area contributed by atoms with Crippen molar-refractivity contribution in [3.63, 3.8) is 0 Å². The molecule has 3 rings (SSSR count). The quantitative estimate of drug-likeness (QED) is 0.694. The van der Waals surface area contributed by atoms with Gasteiger partial charge < -0.3 is 0 Å². The third kappa shape index (κ3) is 3.02. The Labute approximate surface area is 127 Å². The molecular formula is C20H24O. The molecule has 1 nitrogen and oxygen atoms in total. The Balaban J connectivity index is 2.00. The van der Waals surface area contributed by atoms with Crippen LogP contribution in [0.3, 0.4) is 0 Å². The second kappa shape index (κ2) is 6.43. The molecule has 0 radical (unpaired) electrons. The summed E-state index contributed by atoms with van der Waals surface area (Å²) in [6.07, 6.45) is 14.1. The van der Waals surface area contributed by atoms with Crippen LogP contribution in [0.5, 0.6) is 0 Å². The summed E-state index contributed by atoms with van der Waals surface area (Å²) < 4.78 is 0. The smallest absolute Gasteiger partial charge is 0.150 e. The van der Waals surface area contributed by atoms with E-state index in [1.165, 1.54) is 54.4 Å². The molecule has 0 aliphatic heterocycles. The fraction of sp³-hybridized carbons (Fsp3) is 0.450. The molecule has 2 aliphatic carbocycles. The van der Waals surface area contributed by atoms with E-state index < -0.39 is 0 Å². The lowest BCUT2D eigenvalue weighted by molar-refractivity contribution is -0.104. The summed E-state index contributed by atoms with van der Waals surface area (Å²) in [6, 6.07) is 6.41. The van der Waals surface area contributed by atoms with Crippen molar-refractivity contribution >= 4 is 12.4 Å². The van der Waals surface area contributed by atoms with Crippen LogP contribution in [0.4, 0.5) is 0 Å². The topological polar surface area (TPSA) is 17.1 Å². The molecular weight excluding hydrogens is 256 g/mol. The van der Waals surface area contributed by atoms with E-state index in [4.69, 9.17) is 0 Å². The number of benzene rings is 1. The van der Waals surface area contributed by atoms with Gasteiger partial charge in [-0.15, -0.1) is 0 Å².